The van der Waals surface area contributed by atoms with E-state index in [1.807, 2.05) is 31.0 Å². The third-order valence-electron chi connectivity index (χ3n) is 2.73. The van der Waals surface area contributed by atoms with Crippen LogP contribution >= 0.6 is 0 Å². The molecule has 0 aromatic carbocycles. The third-order valence-corrected chi connectivity index (χ3v) is 2.73. The lowest BCUT2D eigenvalue weighted by molar-refractivity contribution is 0.511. The summed E-state index contributed by atoms with van der Waals surface area (Å²) in [6.07, 6.45) is 2.04. The van der Waals surface area contributed by atoms with Crippen LogP contribution in [0, 0.1) is 23.7 Å². The number of anilines is 1. The molecule has 2 rings (SSSR count). The first-order valence-electron chi connectivity index (χ1n) is 4.84. The quantitative estimate of drug-likeness (QED) is 0.734. The molecule has 1 saturated carbocycles. The van der Waals surface area contributed by atoms with E-state index in [0.717, 1.165) is 31.0 Å². The van der Waals surface area contributed by atoms with Crippen LogP contribution in [0.5, 0.6) is 0 Å². The molecule has 0 radical (unpaired) electrons. The van der Waals surface area contributed by atoms with Gasteiger partial charge in [-0.25, -0.2) is 0 Å². The Labute approximate surface area is 83.9 Å². The number of rotatable bonds is 3. The molecule has 1 aromatic heterocycles. The molecule has 0 aliphatic heterocycles. The lowest BCUT2D eigenvalue weighted by Crippen LogP contribution is -2.25. The van der Waals surface area contributed by atoms with Crippen molar-refractivity contribution in [1.29, 1.82) is 5.26 Å². The van der Waals surface area contributed by atoms with E-state index in [9.17, 15) is 0 Å². The topological polar surface area (TPSA) is 40.2 Å². The van der Waals surface area contributed by atoms with Crippen molar-refractivity contribution in [2.75, 3.05) is 18.5 Å². The molecule has 0 saturated heterocycles. The van der Waals surface area contributed by atoms with Crippen molar-refractivity contribution < 1.29 is 4.42 Å². The van der Waals surface area contributed by atoms with Gasteiger partial charge in [0.05, 0.1) is 11.5 Å². The van der Waals surface area contributed by atoms with Gasteiger partial charge in [-0.1, -0.05) is 0 Å². The fraction of sp³-hybridized carbons (Fsp3) is 0.545. The number of nitriles is 1. The number of furan rings is 1. The monoisotopic (exact) mass is 190 g/mol. The molecule has 1 aliphatic rings. The summed E-state index contributed by atoms with van der Waals surface area (Å²) in [5.74, 6) is 1.76. The lowest BCUT2D eigenvalue weighted by Gasteiger charge is -2.18. The first-order chi connectivity index (χ1) is 6.65. The van der Waals surface area contributed by atoms with Gasteiger partial charge in [-0.2, -0.15) is 5.26 Å². The highest BCUT2D eigenvalue weighted by Crippen LogP contribution is 2.45. The molecule has 1 aromatic rings. The van der Waals surface area contributed by atoms with Crippen LogP contribution in [0.2, 0.25) is 0 Å². The minimum Gasteiger partial charge on any atom is -0.446 e. The van der Waals surface area contributed by atoms with Gasteiger partial charge in [-0.05, 0) is 25.8 Å². The van der Waals surface area contributed by atoms with Crippen LogP contribution < -0.4 is 4.90 Å². The Morgan fingerprint density at radius 3 is 2.71 bits per heavy atom. The molecule has 3 nitrogen and oxygen atoms in total. The highest BCUT2D eigenvalue weighted by atomic mass is 16.4. The van der Waals surface area contributed by atoms with E-state index in [-0.39, 0.29) is 5.41 Å². The van der Waals surface area contributed by atoms with Crippen LogP contribution in [0.3, 0.4) is 0 Å². The Kier molecular flexibility index (Phi) is 1.99. The summed E-state index contributed by atoms with van der Waals surface area (Å²) in [4.78, 5) is 2.02. The van der Waals surface area contributed by atoms with Gasteiger partial charge < -0.3 is 9.32 Å². The van der Waals surface area contributed by atoms with Crippen molar-refractivity contribution in [3.63, 3.8) is 0 Å². The molecular weight excluding hydrogens is 176 g/mol. The fourth-order valence-corrected chi connectivity index (χ4v) is 1.61. The van der Waals surface area contributed by atoms with E-state index < -0.39 is 0 Å². The fourth-order valence-electron chi connectivity index (χ4n) is 1.61. The van der Waals surface area contributed by atoms with Gasteiger partial charge >= 0.3 is 0 Å². The van der Waals surface area contributed by atoms with Gasteiger partial charge in [-0.15, -0.1) is 0 Å². The largest absolute Gasteiger partial charge is 0.446 e. The Hall–Kier alpha value is -1.43. The van der Waals surface area contributed by atoms with E-state index in [2.05, 4.69) is 6.07 Å². The second kappa shape index (κ2) is 3.06. The van der Waals surface area contributed by atoms with E-state index in [1.54, 1.807) is 0 Å². The summed E-state index contributed by atoms with van der Waals surface area (Å²) in [6, 6.07) is 6.27. The Morgan fingerprint density at radius 1 is 1.57 bits per heavy atom. The minimum absolute atomic E-state index is 0.102. The summed E-state index contributed by atoms with van der Waals surface area (Å²) >= 11 is 0. The maximum absolute atomic E-state index is 8.95. The van der Waals surface area contributed by atoms with Crippen molar-refractivity contribution in [2.24, 2.45) is 5.41 Å². The van der Waals surface area contributed by atoms with Crippen LogP contribution in [0.25, 0.3) is 0 Å². The summed E-state index contributed by atoms with van der Waals surface area (Å²) in [5, 5.41) is 8.95. The molecule has 1 fully saturated rings. The third kappa shape index (κ3) is 1.60. The molecule has 0 spiro atoms. The van der Waals surface area contributed by atoms with Crippen LogP contribution in [-0.2, 0) is 0 Å². The molecular formula is C11H14N2O. The van der Waals surface area contributed by atoms with Crippen LogP contribution in [0.15, 0.2) is 16.5 Å². The number of nitrogens with zero attached hydrogens (tertiary/aromatic N) is 2. The summed E-state index contributed by atoms with van der Waals surface area (Å²) in [5.41, 5.74) is -0.102. The normalized spacial score (nSPS) is 17.5. The predicted octanol–water partition coefficient (Wildman–Crippen LogP) is 2.33. The molecule has 74 valence electrons. The maximum Gasteiger partial charge on any atom is 0.195 e. The molecule has 0 unspecified atom stereocenters. The zero-order chi connectivity index (χ0) is 10.2. The zero-order valence-corrected chi connectivity index (χ0v) is 8.58. The van der Waals surface area contributed by atoms with Crippen LogP contribution in [0.4, 0.5) is 5.88 Å². The Morgan fingerprint density at radius 2 is 2.29 bits per heavy atom. The van der Waals surface area contributed by atoms with Crippen molar-refractivity contribution in [3.8, 4) is 6.07 Å². The van der Waals surface area contributed by atoms with Gasteiger partial charge in [-0.3, -0.25) is 0 Å². The van der Waals surface area contributed by atoms with E-state index in [0.29, 0.717) is 0 Å². The highest BCUT2D eigenvalue weighted by Gasteiger charge is 2.44. The standard InChI is InChI=1S/C11H14N2O/c1-9-3-4-10(14-9)13(2)8-11(7-12)5-6-11/h3-4H,5-6,8H2,1-2H3. The molecule has 0 N–H and O–H groups in total. The van der Waals surface area contributed by atoms with Crippen LogP contribution in [-0.4, -0.2) is 13.6 Å². The number of aryl methyl sites for hydroxylation is 1. The van der Waals surface area contributed by atoms with Gasteiger partial charge in [0, 0.05) is 19.7 Å². The van der Waals surface area contributed by atoms with Crippen molar-refractivity contribution >= 4 is 5.88 Å². The maximum atomic E-state index is 8.95. The first-order valence-corrected chi connectivity index (χ1v) is 4.84. The smallest absolute Gasteiger partial charge is 0.195 e. The van der Waals surface area contributed by atoms with Gasteiger partial charge in [0.1, 0.15) is 5.76 Å². The lowest BCUT2D eigenvalue weighted by atomic mass is 10.1. The summed E-state index contributed by atoms with van der Waals surface area (Å²) in [7, 11) is 1.97. The minimum atomic E-state index is -0.102. The van der Waals surface area contributed by atoms with E-state index >= 15 is 0 Å². The Balaban J connectivity index is 2.03. The molecule has 0 bridgehead atoms. The Bertz CT molecular complexity index is 371. The number of hydrogen-bond donors (Lipinski definition) is 0. The SMILES string of the molecule is Cc1ccc(N(C)CC2(C#N)CC2)o1. The van der Waals surface area contributed by atoms with Crippen LogP contribution in [0.1, 0.15) is 18.6 Å². The molecule has 0 atom stereocenters. The van der Waals surface area contributed by atoms with Gasteiger partial charge in [0.25, 0.3) is 0 Å². The van der Waals surface area contributed by atoms with Crippen molar-refractivity contribution in [1.82, 2.24) is 0 Å². The molecule has 3 heteroatoms. The summed E-state index contributed by atoms with van der Waals surface area (Å²) < 4.78 is 5.48. The van der Waals surface area contributed by atoms with E-state index in [1.165, 1.54) is 0 Å². The van der Waals surface area contributed by atoms with E-state index in [4.69, 9.17) is 9.68 Å². The van der Waals surface area contributed by atoms with Crippen molar-refractivity contribution in [3.05, 3.63) is 17.9 Å². The van der Waals surface area contributed by atoms with Gasteiger partial charge in [0.2, 0.25) is 0 Å². The highest BCUT2D eigenvalue weighted by molar-refractivity contribution is 5.37. The predicted molar refractivity (Wildman–Crippen MR) is 54.0 cm³/mol. The number of hydrogen-bond acceptors (Lipinski definition) is 3. The molecule has 1 aliphatic carbocycles. The molecule has 1 heterocycles. The van der Waals surface area contributed by atoms with Gasteiger partial charge in [0.15, 0.2) is 5.88 Å². The molecule has 0 amide bonds. The van der Waals surface area contributed by atoms with Crippen molar-refractivity contribution in [2.45, 2.75) is 19.8 Å². The summed E-state index contributed by atoms with van der Waals surface area (Å²) in [6.45, 7) is 2.70. The average Bonchev–Trinajstić information content (AvgIpc) is 2.80. The average molecular weight is 190 g/mol. The zero-order valence-electron chi connectivity index (χ0n) is 8.58. The second-order valence-electron chi connectivity index (χ2n) is 4.13. The second-order valence-corrected chi connectivity index (χ2v) is 4.13. The first kappa shape index (κ1) is 9.14. The molecule has 14 heavy (non-hydrogen) atoms.